The third-order valence-corrected chi connectivity index (χ3v) is 4.64. The number of hydrogen-bond donors (Lipinski definition) is 1. The van der Waals surface area contributed by atoms with Gasteiger partial charge < -0.3 is 16.0 Å². The van der Waals surface area contributed by atoms with E-state index in [9.17, 15) is 4.79 Å². The number of hydrogen-bond acceptors (Lipinski definition) is 4. The molecule has 3 radical (unpaired) electrons. The van der Waals surface area contributed by atoms with Gasteiger partial charge in [-0.05, 0) is 24.0 Å². The number of ketones is 1. The van der Waals surface area contributed by atoms with E-state index in [1.165, 1.54) is 11.1 Å². The summed E-state index contributed by atoms with van der Waals surface area (Å²) in [6.45, 7) is 1.29. The van der Waals surface area contributed by atoms with Crippen LogP contribution in [0.15, 0.2) is 60.7 Å². The van der Waals surface area contributed by atoms with Gasteiger partial charge in [0, 0.05) is 21.3 Å². The molecule has 143 valence electrons. The maximum Gasteiger partial charge on any atom is 1.00 e. The number of rotatable bonds is 6. The van der Waals surface area contributed by atoms with Crippen LogP contribution in [0.2, 0.25) is 0 Å². The minimum absolute atomic E-state index is 0. The van der Waals surface area contributed by atoms with Crippen molar-refractivity contribution in [3.05, 3.63) is 71.8 Å². The van der Waals surface area contributed by atoms with E-state index in [1.807, 2.05) is 48.5 Å². The predicted molar refractivity (Wildman–Crippen MR) is 106 cm³/mol. The van der Waals surface area contributed by atoms with E-state index in [0.29, 0.717) is 31.8 Å². The molecule has 4 rings (SSSR count). The van der Waals surface area contributed by atoms with Crippen molar-refractivity contribution in [2.75, 3.05) is 0 Å². The van der Waals surface area contributed by atoms with Gasteiger partial charge >= 0.3 is 29.6 Å². The zero-order valence-corrected chi connectivity index (χ0v) is 18.5. The van der Waals surface area contributed by atoms with E-state index in [0.717, 1.165) is 12.8 Å². The van der Waals surface area contributed by atoms with Crippen molar-refractivity contribution in [2.45, 2.75) is 57.2 Å². The summed E-state index contributed by atoms with van der Waals surface area (Å²) < 4.78 is 11.1. The molecular formula is C22H27BNaO4. The molecule has 0 heterocycles. The van der Waals surface area contributed by atoms with Gasteiger partial charge in [0.1, 0.15) is 5.78 Å². The Labute approximate surface area is 193 Å². The number of Topliss-reactive ketones (excluding diaryl/α,β-unsaturated/α-hetero) is 1. The Bertz CT molecular complexity index is 676. The Balaban J connectivity index is 0.000000490. The first-order chi connectivity index (χ1) is 12.7. The first kappa shape index (κ1) is 25.1. The second-order valence-electron chi connectivity index (χ2n) is 6.91. The molecule has 0 saturated heterocycles. The molecule has 0 spiro atoms. The number of benzene rings is 2. The molecule has 4 nitrogen and oxygen atoms in total. The molecule has 2 aliphatic carbocycles. The monoisotopic (exact) mass is 389 g/mol. The van der Waals surface area contributed by atoms with E-state index < -0.39 is 0 Å². The fraction of sp³-hybridized carbons (Fsp3) is 0.409. The molecule has 2 saturated carbocycles. The summed E-state index contributed by atoms with van der Waals surface area (Å²) in [4.78, 5) is 10.6. The molecule has 0 unspecified atom stereocenters. The third-order valence-electron chi connectivity index (χ3n) is 4.64. The van der Waals surface area contributed by atoms with Gasteiger partial charge in [0.2, 0.25) is 0 Å². The SMILES string of the molecule is O=C1CC(OCc2ccccc2)C1.OC1CC(OCc2ccccc2)C1.[B].[H-].[Na+]. The van der Waals surface area contributed by atoms with Gasteiger partial charge in [-0.15, -0.1) is 0 Å². The molecule has 2 aromatic rings. The van der Waals surface area contributed by atoms with Crippen LogP contribution in [0.5, 0.6) is 0 Å². The maximum atomic E-state index is 10.6. The summed E-state index contributed by atoms with van der Waals surface area (Å²) in [5.41, 5.74) is 2.37. The van der Waals surface area contributed by atoms with Gasteiger partial charge in [0.05, 0.1) is 31.5 Å². The molecule has 2 fully saturated rings. The summed E-state index contributed by atoms with van der Waals surface area (Å²) in [6, 6.07) is 20.1. The summed E-state index contributed by atoms with van der Waals surface area (Å²) >= 11 is 0. The van der Waals surface area contributed by atoms with Gasteiger partial charge in [-0.1, -0.05) is 60.7 Å². The molecule has 0 bridgehead atoms. The third kappa shape index (κ3) is 8.60. The second kappa shape index (κ2) is 13.3. The smallest absolute Gasteiger partial charge is 1.00 e. The zero-order valence-electron chi connectivity index (χ0n) is 17.5. The average molecular weight is 389 g/mol. The van der Waals surface area contributed by atoms with Gasteiger partial charge in [-0.2, -0.15) is 0 Å². The van der Waals surface area contributed by atoms with Crippen molar-refractivity contribution in [1.29, 1.82) is 0 Å². The molecule has 6 heteroatoms. The van der Waals surface area contributed by atoms with Crippen molar-refractivity contribution in [3.63, 3.8) is 0 Å². The zero-order chi connectivity index (χ0) is 18.2. The van der Waals surface area contributed by atoms with Gasteiger partial charge in [0.25, 0.3) is 0 Å². The molecule has 0 amide bonds. The Morgan fingerprint density at radius 2 is 1.25 bits per heavy atom. The fourth-order valence-corrected chi connectivity index (χ4v) is 2.82. The van der Waals surface area contributed by atoms with Crippen molar-refractivity contribution in [3.8, 4) is 0 Å². The van der Waals surface area contributed by atoms with Crippen molar-refractivity contribution in [1.82, 2.24) is 0 Å². The normalized spacial score (nSPS) is 20.4. The molecular weight excluding hydrogens is 362 g/mol. The van der Waals surface area contributed by atoms with E-state index >= 15 is 0 Å². The number of ether oxygens (including phenoxy) is 2. The minimum atomic E-state index is -0.124. The van der Waals surface area contributed by atoms with Crippen LogP contribution in [-0.2, 0) is 27.5 Å². The van der Waals surface area contributed by atoms with Crippen molar-refractivity contribution >= 4 is 14.2 Å². The summed E-state index contributed by atoms with van der Waals surface area (Å²) in [7, 11) is 0. The van der Waals surface area contributed by atoms with Crippen LogP contribution < -0.4 is 29.6 Å². The largest absolute Gasteiger partial charge is 1.00 e. The van der Waals surface area contributed by atoms with E-state index in [-0.39, 0.29) is 57.7 Å². The first-order valence-corrected chi connectivity index (χ1v) is 9.20. The standard InChI is InChI=1S/C11H14O2.C11H12O2.B.Na.H/c2*12-10-6-11(7-10)13-8-9-4-2-1-3-5-9;;;/h1-5,10-12H,6-8H2;1-5,11H,6-8H2;;;/q;;;+1;-1. The minimum Gasteiger partial charge on any atom is -1.00 e. The molecule has 0 aromatic heterocycles. The van der Waals surface area contributed by atoms with E-state index in [1.54, 1.807) is 0 Å². The molecule has 0 aliphatic heterocycles. The Morgan fingerprint density at radius 3 is 1.64 bits per heavy atom. The number of aliphatic hydroxyl groups excluding tert-OH is 1. The predicted octanol–water partition coefficient (Wildman–Crippen LogP) is 0.397. The van der Waals surface area contributed by atoms with E-state index in [4.69, 9.17) is 14.6 Å². The molecule has 28 heavy (non-hydrogen) atoms. The quantitative estimate of drug-likeness (QED) is 0.727. The number of carbonyl (C=O) groups excluding carboxylic acids is 1. The topological polar surface area (TPSA) is 55.8 Å². The van der Waals surface area contributed by atoms with Crippen LogP contribution >= 0.6 is 0 Å². The summed E-state index contributed by atoms with van der Waals surface area (Å²) in [5, 5.41) is 9.04. The molecule has 0 atom stereocenters. The Hall–Kier alpha value is -0.945. The van der Waals surface area contributed by atoms with Crippen molar-refractivity contribution in [2.24, 2.45) is 0 Å². The van der Waals surface area contributed by atoms with Crippen molar-refractivity contribution < 1.29 is 50.4 Å². The van der Waals surface area contributed by atoms with Crippen LogP contribution in [0.1, 0.15) is 38.2 Å². The van der Waals surface area contributed by atoms with E-state index in [2.05, 4.69) is 12.1 Å². The fourth-order valence-electron chi connectivity index (χ4n) is 2.82. The summed E-state index contributed by atoms with van der Waals surface area (Å²) in [6.07, 6.45) is 3.13. The van der Waals surface area contributed by atoms with Crippen LogP contribution in [0.4, 0.5) is 0 Å². The van der Waals surface area contributed by atoms with Crippen LogP contribution in [0.25, 0.3) is 0 Å². The van der Waals surface area contributed by atoms with Crippen LogP contribution in [0.3, 0.4) is 0 Å². The number of aliphatic hydroxyl groups is 1. The molecule has 2 aromatic carbocycles. The van der Waals surface area contributed by atoms with Crippen LogP contribution in [0, 0.1) is 0 Å². The summed E-state index contributed by atoms with van der Waals surface area (Å²) in [5.74, 6) is 0.318. The maximum absolute atomic E-state index is 10.6. The van der Waals surface area contributed by atoms with Crippen LogP contribution in [-0.4, -0.2) is 37.6 Å². The second-order valence-corrected chi connectivity index (χ2v) is 6.91. The Morgan fingerprint density at radius 1 is 0.821 bits per heavy atom. The molecule has 2 aliphatic rings. The average Bonchev–Trinajstić information content (AvgIpc) is 2.63. The first-order valence-electron chi connectivity index (χ1n) is 9.20. The number of carbonyl (C=O) groups is 1. The van der Waals surface area contributed by atoms with Gasteiger partial charge in [-0.3, -0.25) is 4.79 Å². The van der Waals surface area contributed by atoms with Gasteiger partial charge in [0.15, 0.2) is 0 Å². The molecule has 1 N–H and O–H groups in total. The Kier molecular flexibility index (Phi) is 11.9. The van der Waals surface area contributed by atoms with Gasteiger partial charge in [-0.25, -0.2) is 0 Å².